The predicted octanol–water partition coefficient (Wildman–Crippen LogP) is 4.96. The van der Waals surface area contributed by atoms with Crippen LogP contribution < -0.4 is 4.74 Å². The summed E-state index contributed by atoms with van der Waals surface area (Å²) in [7, 11) is 0. The largest absolute Gasteiger partial charge is 0.489 e. The van der Waals surface area contributed by atoms with Gasteiger partial charge in [-0.15, -0.1) is 0 Å². The van der Waals surface area contributed by atoms with Gasteiger partial charge in [-0.05, 0) is 60.2 Å². The number of hydrogen-bond donors (Lipinski definition) is 1. The molecular weight excluding hydrogens is 409 g/mol. The van der Waals surface area contributed by atoms with E-state index in [1.54, 1.807) is 0 Å². The third-order valence-corrected chi connectivity index (χ3v) is 6.11. The van der Waals surface area contributed by atoms with Crippen molar-refractivity contribution in [1.29, 1.82) is 0 Å². The first-order valence-corrected chi connectivity index (χ1v) is 10.4. The third kappa shape index (κ3) is 4.95. The third-order valence-electron chi connectivity index (χ3n) is 6.11. The van der Waals surface area contributed by atoms with Crippen LogP contribution in [0.1, 0.15) is 41.1 Å². The van der Waals surface area contributed by atoms with Gasteiger partial charge in [0.2, 0.25) is 0 Å². The van der Waals surface area contributed by atoms with Crippen molar-refractivity contribution >= 4 is 6.09 Å². The van der Waals surface area contributed by atoms with Crippen LogP contribution in [0.5, 0.6) is 5.75 Å². The first-order chi connectivity index (χ1) is 14.8. The van der Waals surface area contributed by atoms with Gasteiger partial charge >= 0.3 is 12.3 Å². The van der Waals surface area contributed by atoms with Gasteiger partial charge in [0.15, 0.2) is 0 Å². The number of rotatable bonds is 4. The van der Waals surface area contributed by atoms with E-state index in [1.165, 1.54) is 28.2 Å². The van der Waals surface area contributed by atoms with Gasteiger partial charge in [0.25, 0.3) is 0 Å². The fraction of sp³-hybridized carbons (Fsp3) is 0.435. The molecule has 1 saturated heterocycles. The number of amides is 1. The zero-order chi connectivity index (χ0) is 22.0. The number of ether oxygens (including phenoxy) is 1. The molecule has 1 unspecified atom stereocenters. The highest BCUT2D eigenvalue weighted by Crippen LogP contribution is 2.37. The number of nitrogens with zero attached hydrogens (tertiary/aromatic N) is 2. The van der Waals surface area contributed by atoms with E-state index in [1.807, 2.05) is 12.1 Å². The Labute approximate surface area is 179 Å². The number of fused-ring (bicyclic) bond motifs is 1. The van der Waals surface area contributed by atoms with Gasteiger partial charge in [0.05, 0.1) is 5.56 Å². The summed E-state index contributed by atoms with van der Waals surface area (Å²) in [5.74, 6) is 0.690. The highest BCUT2D eigenvalue weighted by Gasteiger charge is 2.31. The Hall–Kier alpha value is -2.74. The van der Waals surface area contributed by atoms with Crippen molar-refractivity contribution in [3.05, 3.63) is 64.7 Å². The molecule has 1 N–H and O–H groups in total. The highest BCUT2D eigenvalue weighted by atomic mass is 19.4. The molecule has 0 aromatic heterocycles. The van der Waals surface area contributed by atoms with Gasteiger partial charge < -0.3 is 14.7 Å². The number of hydrogen-bond acceptors (Lipinski definition) is 3. The molecule has 5 nitrogen and oxygen atoms in total. The Morgan fingerprint density at radius 1 is 1.06 bits per heavy atom. The molecule has 31 heavy (non-hydrogen) atoms. The molecule has 1 fully saturated rings. The highest BCUT2D eigenvalue weighted by molar-refractivity contribution is 5.65. The Balaban J connectivity index is 1.43. The van der Waals surface area contributed by atoms with Gasteiger partial charge in [-0.25, -0.2) is 4.79 Å². The molecule has 8 heteroatoms. The molecule has 166 valence electrons. The number of aryl methyl sites for hydroxylation is 1. The zero-order valence-electron chi connectivity index (χ0n) is 17.1. The van der Waals surface area contributed by atoms with E-state index in [9.17, 15) is 23.1 Å². The minimum absolute atomic E-state index is 0.193. The molecule has 1 heterocycles. The van der Waals surface area contributed by atoms with E-state index in [2.05, 4.69) is 11.0 Å². The van der Waals surface area contributed by atoms with Crippen molar-refractivity contribution < 1.29 is 27.8 Å². The van der Waals surface area contributed by atoms with Crippen molar-refractivity contribution in [2.24, 2.45) is 0 Å². The number of halogens is 3. The zero-order valence-corrected chi connectivity index (χ0v) is 17.1. The van der Waals surface area contributed by atoms with E-state index in [-0.39, 0.29) is 12.6 Å². The minimum Gasteiger partial charge on any atom is -0.489 e. The number of carboxylic acid groups (broad SMARTS) is 1. The van der Waals surface area contributed by atoms with Crippen LogP contribution in [0.15, 0.2) is 42.5 Å². The lowest BCUT2D eigenvalue weighted by molar-refractivity contribution is -0.137. The van der Waals surface area contributed by atoms with Crippen molar-refractivity contribution in [1.82, 2.24) is 9.80 Å². The summed E-state index contributed by atoms with van der Waals surface area (Å²) in [5.41, 5.74) is 2.49. The monoisotopic (exact) mass is 434 g/mol. The molecule has 2 aromatic rings. The van der Waals surface area contributed by atoms with E-state index in [4.69, 9.17) is 4.74 Å². The second-order valence-corrected chi connectivity index (χ2v) is 8.06. The molecular formula is C23H25F3N2O3. The van der Waals surface area contributed by atoms with E-state index < -0.39 is 17.8 Å². The predicted molar refractivity (Wildman–Crippen MR) is 109 cm³/mol. The molecule has 2 aromatic carbocycles. The lowest BCUT2D eigenvalue weighted by Gasteiger charge is -2.40. The smallest absolute Gasteiger partial charge is 0.416 e. The average Bonchev–Trinajstić information content (AvgIpc) is 2.77. The van der Waals surface area contributed by atoms with Crippen LogP contribution in [0, 0.1) is 0 Å². The Morgan fingerprint density at radius 2 is 1.77 bits per heavy atom. The fourth-order valence-electron chi connectivity index (χ4n) is 4.40. The molecule has 1 atom stereocenters. The molecule has 1 aliphatic carbocycles. The normalized spacial score (nSPS) is 19.7. The van der Waals surface area contributed by atoms with Gasteiger partial charge in [-0.1, -0.05) is 18.2 Å². The summed E-state index contributed by atoms with van der Waals surface area (Å²) in [5, 5.41) is 9.17. The van der Waals surface area contributed by atoms with Gasteiger partial charge in [0.1, 0.15) is 12.4 Å². The van der Waals surface area contributed by atoms with Crippen LogP contribution in [0.3, 0.4) is 0 Å². The molecule has 4 rings (SSSR count). The second kappa shape index (κ2) is 8.78. The minimum atomic E-state index is -4.34. The van der Waals surface area contributed by atoms with Crippen molar-refractivity contribution in [3.8, 4) is 5.75 Å². The molecule has 0 spiro atoms. The maximum absolute atomic E-state index is 12.7. The number of carbonyl (C=O) groups is 1. The maximum Gasteiger partial charge on any atom is 0.416 e. The Morgan fingerprint density at radius 3 is 2.42 bits per heavy atom. The summed E-state index contributed by atoms with van der Waals surface area (Å²) >= 11 is 0. The van der Waals surface area contributed by atoms with Crippen LogP contribution in [-0.4, -0.2) is 47.2 Å². The summed E-state index contributed by atoms with van der Waals surface area (Å²) in [6.45, 7) is 2.61. The van der Waals surface area contributed by atoms with E-state index in [0.717, 1.165) is 31.4 Å². The van der Waals surface area contributed by atoms with Gasteiger partial charge in [0, 0.05) is 32.2 Å². The quantitative estimate of drug-likeness (QED) is 0.739. The van der Waals surface area contributed by atoms with E-state index >= 15 is 0 Å². The topological polar surface area (TPSA) is 53.0 Å². The van der Waals surface area contributed by atoms with Crippen LogP contribution in [0.4, 0.5) is 18.0 Å². The van der Waals surface area contributed by atoms with Gasteiger partial charge in [-0.3, -0.25) is 4.90 Å². The molecule has 2 aliphatic rings. The lowest BCUT2D eigenvalue weighted by Crippen LogP contribution is -2.49. The molecule has 1 amide bonds. The summed E-state index contributed by atoms with van der Waals surface area (Å²) < 4.78 is 44.0. The average molecular weight is 434 g/mol. The standard InChI is InChI=1S/C23H25F3N2O3/c24-23(25,26)18-7-4-16(5-8-18)15-31-19-9-6-17-2-1-3-21(20(17)14-19)27-10-12-28(13-11-27)22(29)30/h4-9,14,21H,1-3,10-13,15H2,(H,29,30). The number of alkyl halides is 3. The second-order valence-electron chi connectivity index (χ2n) is 8.06. The number of benzene rings is 2. The SMILES string of the molecule is O=C(O)N1CCN(C2CCCc3ccc(OCc4ccc(C(F)(F)F)cc4)cc32)CC1. The van der Waals surface area contributed by atoms with Crippen LogP contribution in [-0.2, 0) is 19.2 Å². The molecule has 1 aliphatic heterocycles. The lowest BCUT2D eigenvalue weighted by atomic mass is 9.86. The van der Waals surface area contributed by atoms with Crippen LogP contribution >= 0.6 is 0 Å². The van der Waals surface area contributed by atoms with Crippen molar-refractivity contribution in [3.63, 3.8) is 0 Å². The summed E-state index contributed by atoms with van der Waals surface area (Å²) in [4.78, 5) is 15.0. The van der Waals surface area contributed by atoms with Crippen LogP contribution in [0.25, 0.3) is 0 Å². The maximum atomic E-state index is 12.7. The Kier molecular flexibility index (Phi) is 6.09. The van der Waals surface area contributed by atoms with E-state index in [0.29, 0.717) is 37.5 Å². The molecule has 0 bridgehead atoms. The Bertz CT molecular complexity index is 923. The van der Waals surface area contributed by atoms with Crippen molar-refractivity contribution in [2.75, 3.05) is 26.2 Å². The first kappa shape index (κ1) is 21.5. The molecule has 0 radical (unpaired) electrons. The fourth-order valence-corrected chi connectivity index (χ4v) is 4.40. The van der Waals surface area contributed by atoms with Crippen molar-refractivity contribution in [2.45, 2.75) is 38.1 Å². The first-order valence-electron chi connectivity index (χ1n) is 10.4. The van der Waals surface area contributed by atoms with Crippen LogP contribution in [0.2, 0.25) is 0 Å². The number of piperazine rings is 1. The molecule has 0 saturated carbocycles. The summed E-state index contributed by atoms with van der Waals surface area (Å²) in [6, 6.07) is 11.3. The summed E-state index contributed by atoms with van der Waals surface area (Å²) in [6.07, 6.45) is -2.11. The van der Waals surface area contributed by atoms with Gasteiger partial charge in [-0.2, -0.15) is 13.2 Å².